The van der Waals surface area contributed by atoms with Crippen molar-refractivity contribution in [3.63, 3.8) is 0 Å². The summed E-state index contributed by atoms with van der Waals surface area (Å²) >= 11 is 1.62. The molecule has 0 spiro atoms. The Morgan fingerprint density at radius 2 is 1.79 bits per heavy atom. The maximum atomic E-state index is 5.45. The van der Waals surface area contributed by atoms with Gasteiger partial charge < -0.3 is 24.8 Å². The first kappa shape index (κ1) is 18.4. The first-order valence-corrected chi connectivity index (χ1v) is 5.90. The molecule has 0 aromatic heterocycles. The van der Waals surface area contributed by atoms with Gasteiger partial charge in [-0.05, 0) is 0 Å². The van der Waals surface area contributed by atoms with Crippen LogP contribution in [0.4, 0.5) is 0 Å². The van der Waals surface area contributed by atoms with Gasteiger partial charge in [-0.2, -0.15) is 0 Å². The second-order valence-electron chi connectivity index (χ2n) is 3.60. The van der Waals surface area contributed by atoms with Crippen LogP contribution in [0.3, 0.4) is 0 Å². The van der Waals surface area contributed by atoms with E-state index >= 15 is 0 Å². The van der Waals surface area contributed by atoms with Gasteiger partial charge in [-0.25, -0.2) is 0 Å². The Hall–Kier alpha value is -0.606. The van der Waals surface area contributed by atoms with Gasteiger partial charge in [0.25, 0.3) is 0 Å². The Labute approximate surface area is 137 Å². The normalized spacial score (nSPS) is 12.1. The maximum absolute atomic E-state index is 5.45. The fourth-order valence-corrected chi connectivity index (χ4v) is 2.21. The van der Waals surface area contributed by atoms with Gasteiger partial charge in [0, 0.05) is 0 Å². The number of benzene rings is 1. The van der Waals surface area contributed by atoms with Crippen molar-refractivity contribution in [3.8, 4) is 17.2 Å². The summed E-state index contributed by atoms with van der Waals surface area (Å²) in [6.45, 7) is 0. The summed E-state index contributed by atoms with van der Waals surface area (Å²) in [7, 11) is 3.26. The summed E-state index contributed by atoms with van der Waals surface area (Å²) in [5, 5.41) is 0. The minimum absolute atomic E-state index is 0. The molecule has 0 N–H and O–H groups in total. The third kappa shape index (κ3) is 3.70. The van der Waals surface area contributed by atoms with E-state index < -0.39 is 0 Å². The second-order valence-corrected chi connectivity index (χ2v) is 3.92. The number of halogens is 2. The first-order valence-electron chi connectivity index (χ1n) is 5.26. The van der Waals surface area contributed by atoms with Crippen molar-refractivity contribution in [1.82, 2.24) is 0 Å². The third-order valence-corrected chi connectivity index (χ3v) is 3.04. The number of methoxy groups -OCH3 is 2. The van der Waals surface area contributed by atoms with E-state index in [1.807, 2.05) is 18.2 Å². The molecule has 0 fully saturated rings. The summed E-state index contributed by atoms with van der Waals surface area (Å²) in [6, 6.07) is 3.90. The van der Waals surface area contributed by atoms with E-state index in [1.165, 1.54) is 5.57 Å². The fraction of sp³-hybridized carbons (Fsp3) is 0.231. The van der Waals surface area contributed by atoms with Crippen LogP contribution in [0.15, 0.2) is 30.4 Å². The van der Waals surface area contributed by atoms with Crippen LogP contribution in [0.2, 0.25) is 0 Å². The molecule has 0 radical (unpaired) electrons. The van der Waals surface area contributed by atoms with Crippen LogP contribution < -0.4 is 37.6 Å². The smallest absolute Gasteiger partial charge is 1.00 e. The number of ether oxygens (including phenoxy) is 2. The molecule has 1 aliphatic rings. The molecule has 2 rings (SSSR count). The molecule has 0 heterocycles. The van der Waals surface area contributed by atoms with E-state index in [4.69, 9.17) is 12.8 Å². The number of hydrogen-bond donors (Lipinski definition) is 0. The van der Waals surface area contributed by atoms with Gasteiger partial charge in [-0.3, -0.25) is 0 Å². The second kappa shape index (κ2) is 8.54. The van der Waals surface area contributed by atoms with Crippen molar-refractivity contribution in [3.05, 3.63) is 35.9 Å². The minimum Gasteiger partial charge on any atom is -1.00 e. The molecule has 0 atom stereocenters. The van der Waals surface area contributed by atoms with Crippen LogP contribution in [-0.4, -0.2) is 14.2 Å². The molecule has 3 nitrogen and oxygen atoms in total. The molecule has 1 aromatic carbocycles. The zero-order chi connectivity index (χ0) is 12.3. The Morgan fingerprint density at radius 3 is 2.26 bits per heavy atom. The van der Waals surface area contributed by atoms with E-state index in [-0.39, 0.29) is 24.8 Å². The maximum Gasteiger partial charge on any atom is -1.00 e. The van der Waals surface area contributed by atoms with Crippen molar-refractivity contribution >= 4 is 5.57 Å². The molecule has 1 aromatic rings. The van der Waals surface area contributed by atoms with Gasteiger partial charge in [-0.15, -0.1) is 0 Å². The number of rotatable bonds is 4. The van der Waals surface area contributed by atoms with Crippen molar-refractivity contribution in [2.45, 2.75) is 6.42 Å². The Kier molecular flexibility index (Phi) is 8.27. The SMILES string of the molecule is COc1ccc(C2=CC=CC2)c(OC)c1[O][Ti+2].[Cl-].[Cl-]. The molecule has 0 unspecified atom stereocenters. The Morgan fingerprint density at radius 1 is 1.05 bits per heavy atom. The fourth-order valence-electron chi connectivity index (χ4n) is 1.90. The quantitative estimate of drug-likeness (QED) is 0.546. The van der Waals surface area contributed by atoms with Crippen molar-refractivity contribution in [1.29, 1.82) is 0 Å². The summed E-state index contributed by atoms with van der Waals surface area (Å²) in [6.07, 6.45) is 7.17. The van der Waals surface area contributed by atoms with Gasteiger partial charge in [0.1, 0.15) is 0 Å². The van der Waals surface area contributed by atoms with Gasteiger partial charge in [0.2, 0.25) is 0 Å². The van der Waals surface area contributed by atoms with Crippen LogP contribution in [-0.2, 0) is 20.8 Å². The molecular weight excluding hydrogens is 323 g/mol. The number of allylic oxidation sites excluding steroid dienone is 4. The predicted octanol–water partition coefficient (Wildman–Crippen LogP) is -3.10. The van der Waals surface area contributed by atoms with Crippen molar-refractivity contribution in [2.75, 3.05) is 14.2 Å². The summed E-state index contributed by atoms with van der Waals surface area (Å²) in [4.78, 5) is 0. The Balaban J connectivity index is 0.00000162. The molecule has 0 aliphatic heterocycles. The first-order chi connectivity index (χ1) is 8.31. The van der Waals surface area contributed by atoms with Crippen LogP contribution >= 0.6 is 0 Å². The molecule has 19 heavy (non-hydrogen) atoms. The van der Waals surface area contributed by atoms with E-state index in [2.05, 4.69) is 12.2 Å². The van der Waals surface area contributed by atoms with E-state index in [0.29, 0.717) is 11.5 Å². The van der Waals surface area contributed by atoms with Gasteiger partial charge >= 0.3 is 113 Å². The van der Waals surface area contributed by atoms with Gasteiger partial charge in [-0.1, -0.05) is 0 Å². The molecule has 0 saturated carbocycles. The summed E-state index contributed by atoms with van der Waals surface area (Å²) in [5.74, 6) is 2.04. The molecule has 0 amide bonds. The molecule has 101 valence electrons. The standard InChI is InChI=1S/C13H14O3.2ClH.Ti/c1-15-11-8-7-10(9-5-3-4-6-9)13(16-2)12(11)14;;;/h3-5,7-8,14H,6H2,1-2H3;2*1H;/q;;;+3/p-3. The molecule has 0 saturated heterocycles. The third-order valence-electron chi connectivity index (χ3n) is 2.72. The zero-order valence-corrected chi connectivity index (χ0v) is 13.6. The van der Waals surface area contributed by atoms with Crippen molar-refractivity contribution in [2.24, 2.45) is 0 Å². The Bertz CT molecular complexity index is 487. The van der Waals surface area contributed by atoms with E-state index in [9.17, 15) is 0 Å². The number of hydrogen-bond acceptors (Lipinski definition) is 3. The van der Waals surface area contributed by atoms with E-state index in [1.54, 1.807) is 35.0 Å². The van der Waals surface area contributed by atoms with Gasteiger partial charge in [0.15, 0.2) is 0 Å². The van der Waals surface area contributed by atoms with Gasteiger partial charge in [0.05, 0.1) is 0 Å². The van der Waals surface area contributed by atoms with Crippen LogP contribution in [0.5, 0.6) is 17.2 Å². The van der Waals surface area contributed by atoms with Crippen molar-refractivity contribution < 1.29 is 58.4 Å². The monoisotopic (exact) mass is 335 g/mol. The predicted molar refractivity (Wildman–Crippen MR) is 61.9 cm³/mol. The molecule has 1 aliphatic carbocycles. The molecule has 0 bridgehead atoms. The van der Waals surface area contributed by atoms with Crippen LogP contribution in [0.25, 0.3) is 5.57 Å². The topological polar surface area (TPSA) is 27.7 Å². The summed E-state index contributed by atoms with van der Waals surface area (Å²) in [5.41, 5.74) is 2.28. The summed E-state index contributed by atoms with van der Waals surface area (Å²) < 4.78 is 16.1. The average molecular weight is 336 g/mol. The average Bonchev–Trinajstić information content (AvgIpc) is 2.90. The molecule has 6 heteroatoms. The van der Waals surface area contributed by atoms with E-state index in [0.717, 1.165) is 17.7 Å². The minimum atomic E-state index is 0. The van der Waals surface area contributed by atoms with Crippen LogP contribution in [0.1, 0.15) is 12.0 Å². The molecular formula is C13H13Cl2O3Ti. The largest absolute Gasteiger partial charge is 1.00 e. The van der Waals surface area contributed by atoms with Crippen LogP contribution in [0, 0.1) is 0 Å². The zero-order valence-electron chi connectivity index (χ0n) is 10.6.